The van der Waals surface area contributed by atoms with Gasteiger partial charge < -0.3 is 5.11 Å². The van der Waals surface area contributed by atoms with Crippen molar-refractivity contribution in [1.29, 1.82) is 0 Å². The molecule has 23 heavy (non-hydrogen) atoms. The highest BCUT2D eigenvalue weighted by Gasteiger charge is 2.28. The van der Waals surface area contributed by atoms with E-state index in [1.54, 1.807) is 25.1 Å². The highest BCUT2D eigenvalue weighted by molar-refractivity contribution is 6.37. The van der Waals surface area contributed by atoms with Gasteiger partial charge in [-0.1, -0.05) is 41.4 Å². The number of carbonyl (C=O) groups is 1. The van der Waals surface area contributed by atoms with Gasteiger partial charge in [-0.25, -0.2) is 0 Å². The van der Waals surface area contributed by atoms with Crippen molar-refractivity contribution < 1.29 is 9.90 Å². The minimum atomic E-state index is -0.228. The van der Waals surface area contributed by atoms with E-state index in [1.165, 1.54) is 5.01 Å². The molecule has 1 aliphatic heterocycles. The number of benzene rings is 2. The Kier molecular flexibility index (Phi) is 4.11. The first-order valence-electron chi connectivity index (χ1n) is 6.82. The lowest BCUT2D eigenvalue weighted by Crippen LogP contribution is -2.21. The topological polar surface area (TPSA) is 52.9 Å². The number of anilines is 1. The zero-order valence-electron chi connectivity index (χ0n) is 12.1. The maximum absolute atomic E-state index is 12.6. The predicted molar refractivity (Wildman–Crippen MR) is 93.1 cm³/mol. The molecular weight excluding hydrogens is 335 g/mol. The molecule has 3 rings (SSSR count). The van der Waals surface area contributed by atoms with Crippen LogP contribution in [0.25, 0.3) is 6.08 Å². The summed E-state index contributed by atoms with van der Waals surface area (Å²) in [5, 5.41) is 15.5. The van der Waals surface area contributed by atoms with Crippen molar-refractivity contribution in [2.24, 2.45) is 5.10 Å². The zero-order chi connectivity index (χ0) is 16.6. The Morgan fingerprint density at radius 2 is 1.74 bits per heavy atom. The summed E-state index contributed by atoms with van der Waals surface area (Å²) in [6, 6.07) is 12.3. The zero-order valence-corrected chi connectivity index (χ0v) is 13.6. The van der Waals surface area contributed by atoms with Gasteiger partial charge >= 0.3 is 0 Å². The normalized spacial score (nSPS) is 16.1. The molecule has 0 atom stereocenters. The third-order valence-electron chi connectivity index (χ3n) is 3.41. The summed E-state index contributed by atoms with van der Waals surface area (Å²) in [5.41, 5.74) is 2.36. The summed E-state index contributed by atoms with van der Waals surface area (Å²) in [6.45, 7) is 1.76. The maximum atomic E-state index is 12.6. The SMILES string of the molecule is CC1=NN(c2ccccc2)C(=O)/C1=C\c1cc(Cl)c(O)c(Cl)c1. The predicted octanol–water partition coefficient (Wildman–Crippen LogP) is 4.51. The van der Waals surface area contributed by atoms with Crippen LogP contribution in [0.4, 0.5) is 5.69 Å². The molecule has 1 amide bonds. The Morgan fingerprint density at radius 1 is 1.13 bits per heavy atom. The molecular formula is C17H12Cl2N2O2. The molecule has 0 aromatic heterocycles. The van der Waals surface area contributed by atoms with Crippen LogP contribution in [0.15, 0.2) is 53.1 Å². The molecule has 0 aliphatic carbocycles. The van der Waals surface area contributed by atoms with E-state index >= 15 is 0 Å². The number of carbonyl (C=O) groups excluding carboxylic acids is 1. The fourth-order valence-electron chi connectivity index (χ4n) is 2.26. The monoisotopic (exact) mass is 346 g/mol. The lowest BCUT2D eigenvalue weighted by Gasteiger charge is -2.11. The maximum Gasteiger partial charge on any atom is 0.280 e. The summed E-state index contributed by atoms with van der Waals surface area (Å²) in [7, 11) is 0. The molecule has 0 fully saturated rings. The molecule has 0 spiro atoms. The van der Waals surface area contributed by atoms with E-state index in [4.69, 9.17) is 23.2 Å². The molecule has 1 heterocycles. The number of rotatable bonds is 2. The number of phenolic OH excluding ortho intramolecular Hbond substituents is 1. The first-order valence-corrected chi connectivity index (χ1v) is 7.58. The number of hydrogen-bond donors (Lipinski definition) is 1. The minimum absolute atomic E-state index is 0.129. The second-order valence-electron chi connectivity index (χ2n) is 5.03. The number of para-hydroxylation sites is 1. The number of aromatic hydroxyl groups is 1. The number of hydrazone groups is 1. The van der Waals surface area contributed by atoms with Crippen LogP contribution in [0.3, 0.4) is 0 Å². The molecule has 0 saturated heterocycles. The van der Waals surface area contributed by atoms with E-state index in [1.807, 2.05) is 30.3 Å². The van der Waals surface area contributed by atoms with Crippen molar-refractivity contribution in [3.8, 4) is 5.75 Å². The summed E-state index contributed by atoms with van der Waals surface area (Å²) in [6.07, 6.45) is 1.65. The highest BCUT2D eigenvalue weighted by Crippen LogP contribution is 2.34. The summed E-state index contributed by atoms with van der Waals surface area (Å²) in [4.78, 5) is 12.6. The van der Waals surface area contributed by atoms with Gasteiger partial charge in [0, 0.05) is 0 Å². The number of halogens is 2. The molecule has 0 unspecified atom stereocenters. The smallest absolute Gasteiger partial charge is 0.280 e. The molecule has 0 bridgehead atoms. The average Bonchev–Trinajstić information content (AvgIpc) is 2.81. The van der Waals surface area contributed by atoms with Crippen LogP contribution >= 0.6 is 23.2 Å². The Morgan fingerprint density at radius 3 is 2.35 bits per heavy atom. The van der Waals surface area contributed by atoms with E-state index in [9.17, 15) is 9.90 Å². The lowest BCUT2D eigenvalue weighted by molar-refractivity contribution is -0.114. The number of hydrogen-bond acceptors (Lipinski definition) is 3. The van der Waals surface area contributed by atoms with Gasteiger partial charge in [-0.15, -0.1) is 0 Å². The van der Waals surface area contributed by atoms with Gasteiger partial charge in [0.1, 0.15) is 0 Å². The molecule has 2 aromatic rings. The summed E-state index contributed by atoms with van der Waals surface area (Å²) in [5.74, 6) is -0.404. The number of amides is 1. The summed E-state index contributed by atoms with van der Waals surface area (Å²) >= 11 is 11.8. The Balaban J connectivity index is 1.99. The largest absolute Gasteiger partial charge is 0.505 e. The van der Waals surface area contributed by atoms with Crippen molar-refractivity contribution in [2.45, 2.75) is 6.92 Å². The van der Waals surface area contributed by atoms with Crippen LogP contribution < -0.4 is 5.01 Å². The van der Waals surface area contributed by atoms with E-state index in [0.29, 0.717) is 22.5 Å². The second-order valence-corrected chi connectivity index (χ2v) is 5.84. The second kappa shape index (κ2) is 6.07. The fourth-order valence-corrected chi connectivity index (χ4v) is 2.77. The van der Waals surface area contributed by atoms with Crippen LogP contribution in [0.5, 0.6) is 5.75 Å². The molecule has 116 valence electrons. The van der Waals surface area contributed by atoms with Gasteiger partial charge in [0.05, 0.1) is 27.0 Å². The van der Waals surface area contributed by atoms with E-state index in [0.717, 1.165) is 0 Å². The van der Waals surface area contributed by atoms with Crippen LogP contribution in [0.1, 0.15) is 12.5 Å². The van der Waals surface area contributed by atoms with Crippen LogP contribution in [-0.4, -0.2) is 16.7 Å². The Hall–Kier alpha value is -2.30. The molecule has 2 aromatic carbocycles. The first-order chi connectivity index (χ1) is 11.0. The molecule has 1 aliphatic rings. The van der Waals surface area contributed by atoms with Crippen molar-refractivity contribution >= 4 is 46.6 Å². The van der Waals surface area contributed by atoms with E-state index < -0.39 is 0 Å². The fraction of sp³-hybridized carbons (Fsp3) is 0.0588. The Bertz CT molecular complexity index is 822. The molecule has 6 heteroatoms. The minimum Gasteiger partial charge on any atom is -0.505 e. The van der Waals surface area contributed by atoms with Crippen molar-refractivity contribution in [3.05, 3.63) is 63.6 Å². The quantitative estimate of drug-likeness (QED) is 0.813. The molecule has 0 saturated carbocycles. The van der Waals surface area contributed by atoms with Gasteiger partial charge in [-0.05, 0) is 42.8 Å². The van der Waals surface area contributed by atoms with Gasteiger partial charge in [0.25, 0.3) is 5.91 Å². The van der Waals surface area contributed by atoms with Crippen LogP contribution in [-0.2, 0) is 4.79 Å². The first kappa shape index (κ1) is 15.6. The third kappa shape index (κ3) is 2.96. The third-order valence-corrected chi connectivity index (χ3v) is 3.99. The molecule has 0 radical (unpaired) electrons. The van der Waals surface area contributed by atoms with Gasteiger partial charge in [0.15, 0.2) is 5.75 Å². The molecule has 1 N–H and O–H groups in total. The number of phenols is 1. The van der Waals surface area contributed by atoms with Crippen LogP contribution in [0, 0.1) is 0 Å². The number of nitrogens with zero attached hydrogens (tertiary/aromatic N) is 2. The van der Waals surface area contributed by atoms with Crippen molar-refractivity contribution in [1.82, 2.24) is 0 Å². The van der Waals surface area contributed by atoms with E-state index in [-0.39, 0.29) is 21.7 Å². The molecule has 4 nitrogen and oxygen atoms in total. The lowest BCUT2D eigenvalue weighted by atomic mass is 10.1. The van der Waals surface area contributed by atoms with E-state index in [2.05, 4.69) is 5.10 Å². The highest BCUT2D eigenvalue weighted by atomic mass is 35.5. The van der Waals surface area contributed by atoms with Gasteiger partial charge in [-0.3, -0.25) is 4.79 Å². The average molecular weight is 347 g/mol. The Labute approximate surface area is 143 Å². The van der Waals surface area contributed by atoms with Gasteiger partial charge in [-0.2, -0.15) is 10.1 Å². The summed E-state index contributed by atoms with van der Waals surface area (Å²) < 4.78 is 0. The van der Waals surface area contributed by atoms with Crippen molar-refractivity contribution in [2.75, 3.05) is 5.01 Å². The van der Waals surface area contributed by atoms with Crippen molar-refractivity contribution in [3.63, 3.8) is 0 Å². The van der Waals surface area contributed by atoms with Gasteiger partial charge in [0.2, 0.25) is 0 Å². The standard InChI is InChI=1S/C17H12Cl2N2O2/c1-10-13(7-11-8-14(18)16(22)15(19)9-11)17(23)21(20-10)12-5-3-2-4-6-12/h2-9,22H,1H3/b13-7-. The van der Waals surface area contributed by atoms with Crippen LogP contribution in [0.2, 0.25) is 10.0 Å².